The zero-order chi connectivity index (χ0) is 8.78. The Balaban J connectivity index is 1.92. The van der Waals surface area contributed by atoms with Crippen molar-refractivity contribution in [3.63, 3.8) is 0 Å². The van der Waals surface area contributed by atoms with Crippen molar-refractivity contribution >= 4 is 0 Å². The molecule has 74 valence electrons. The SMILES string of the molecule is C1CCC2(C1)CCCC21CCNC1. The van der Waals surface area contributed by atoms with E-state index in [-0.39, 0.29) is 0 Å². The molecule has 0 radical (unpaired) electrons. The Hall–Kier alpha value is -0.0400. The number of hydrogen-bond acceptors (Lipinski definition) is 1. The number of rotatable bonds is 0. The molecule has 1 heteroatoms. The van der Waals surface area contributed by atoms with E-state index < -0.39 is 0 Å². The van der Waals surface area contributed by atoms with Gasteiger partial charge in [0.2, 0.25) is 0 Å². The fourth-order valence-corrected chi connectivity index (χ4v) is 4.54. The van der Waals surface area contributed by atoms with Gasteiger partial charge in [-0.15, -0.1) is 0 Å². The van der Waals surface area contributed by atoms with Crippen molar-refractivity contribution in [3.8, 4) is 0 Å². The lowest BCUT2D eigenvalue weighted by Gasteiger charge is -2.40. The van der Waals surface area contributed by atoms with Gasteiger partial charge in [-0.1, -0.05) is 19.3 Å². The monoisotopic (exact) mass is 179 g/mol. The second-order valence-corrected chi connectivity index (χ2v) is 5.55. The lowest BCUT2D eigenvalue weighted by atomic mass is 9.64. The fraction of sp³-hybridized carbons (Fsp3) is 1.00. The predicted molar refractivity (Wildman–Crippen MR) is 54.7 cm³/mol. The van der Waals surface area contributed by atoms with E-state index >= 15 is 0 Å². The van der Waals surface area contributed by atoms with Gasteiger partial charge < -0.3 is 5.32 Å². The summed E-state index contributed by atoms with van der Waals surface area (Å²) in [5.41, 5.74) is 1.56. The highest BCUT2D eigenvalue weighted by molar-refractivity contribution is 5.08. The van der Waals surface area contributed by atoms with Crippen LogP contribution >= 0.6 is 0 Å². The largest absolute Gasteiger partial charge is 0.316 e. The van der Waals surface area contributed by atoms with Crippen LogP contribution in [0.15, 0.2) is 0 Å². The summed E-state index contributed by atoms with van der Waals surface area (Å²) in [7, 11) is 0. The lowest BCUT2D eigenvalue weighted by molar-refractivity contribution is 0.0968. The van der Waals surface area contributed by atoms with Crippen LogP contribution in [0, 0.1) is 10.8 Å². The van der Waals surface area contributed by atoms with Gasteiger partial charge in [0.1, 0.15) is 0 Å². The third-order valence-electron chi connectivity index (χ3n) is 5.24. The summed E-state index contributed by atoms with van der Waals surface area (Å²) in [4.78, 5) is 0. The molecule has 2 spiro atoms. The Morgan fingerprint density at radius 3 is 2.08 bits per heavy atom. The van der Waals surface area contributed by atoms with Crippen molar-refractivity contribution in [1.29, 1.82) is 0 Å². The van der Waals surface area contributed by atoms with E-state index in [1.54, 1.807) is 19.3 Å². The Labute approximate surface area is 81.3 Å². The summed E-state index contributed by atoms with van der Waals surface area (Å²) in [6.07, 6.45) is 12.2. The second-order valence-electron chi connectivity index (χ2n) is 5.55. The zero-order valence-electron chi connectivity index (χ0n) is 8.57. The molecule has 3 rings (SSSR count). The van der Waals surface area contributed by atoms with Gasteiger partial charge in [-0.3, -0.25) is 0 Å². The summed E-state index contributed by atoms with van der Waals surface area (Å²) in [6, 6.07) is 0. The Kier molecular flexibility index (Phi) is 1.74. The fourth-order valence-electron chi connectivity index (χ4n) is 4.54. The van der Waals surface area contributed by atoms with Gasteiger partial charge in [-0.05, 0) is 49.5 Å². The average molecular weight is 179 g/mol. The van der Waals surface area contributed by atoms with Crippen LogP contribution in [-0.2, 0) is 0 Å². The Morgan fingerprint density at radius 2 is 1.38 bits per heavy atom. The highest BCUT2D eigenvalue weighted by atomic mass is 14.9. The molecule has 1 nitrogen and oxygen atoms in total. The maximum atomic E-state index is 3.61. The molecule has 1 atom stereocenters. The molecule has 3 fully saturated rings. The molecule has 1 unspecified atom stereocenters. The quantitative estimate of drug-likeness (QED) is 0.603. The van der Waals surface area contributed by atoms with Crippen LogP contribution in [-0.4, -0.2) is 13.1 Å². The first-order valence-electron chi connectivity index (χ1n) is 6.08. The molecular weight excluding hydrogens is 158 g/mol. The highest BCUT2D eigenvalue weighted by Crippen LogP contribution is 2.63. The van der Waals surface area contributed by atoms with Gasteiger partial charge in [0.15, 0.2) is 0 Å². The van der Waals surface area contributed by atoms with Gasteiger partial charge in [-0.2, -0.15) is 0 Å². The van der Waals surface area contributed by atoms with Crippen LogP contribution < -0.4 is 5.32 Å². The Morgan fingerprint density at radius 1 is 0.692 bits per heavy atom. The highest BCUT2D eigenvalue weighted by Gasteiger charge is 2.55. The van der Waals surface area contributed by atoms with Crippen LogP contribution in [0.5, 0.6) is 0 Å². The van der Waals surface area contributed by atoms with E-state index in [1.807, 2.05) is 0 Å². The molecule has 1 heterocycles. The third kappa shape index (κ3) is 0.971. The number of nitrogens with one attached hydrogen (secondary N) is 1. The van der Waals surface area contributed by atoms with Crippen LogP contribution in [0.4, 0.5) is 0 Å². The van der Waals surface area contributed by atoms with Crippen molar-refractivity contribution in [2.45, 2.75) is 51.4 Å². The van der Waals surface area contributed by atoms with Crippen LogP contribution in [0.2, 0.25) is 0 Å². The molecule has 1 aliphatic heterocycles. The number of hydrogen-bond donors (Lipinski definition) is 1. The topological polar surface area (TPSA) is 12.0 Å². The summed E-state index contributed by atoms with van der Waals surface area (Å²) in [5.74, 6) is 0. The molecule has 2 aliphatic carbocycles. The van der Waals surface area contributed by atoms with Crippen molar-refractivity contribution in [2.75, 3.05) is 13.1 Å². The van der Waals surface area contributed by atoms with Crippen molar-refractivity contribution < 1.29 is 0 Å². The van der Waals surface area contributed by atoms with E-state index in [0.29, 0.717) is 0 Å². The van der Waals surface area contributed by atoms with Crippen molar-refractivity contribution in [1.82, 2.24) is 5.32 Å². The number of fused-ring (bicyclic) bond motifs is 1. The summed E-state index contributed by atoms with van der Waals surface area (Å²) < 4.78 is 0. The third-order valence-corrected chi connectivity index (χ3v) is 5.24. The van der Waals surface area contributed by atoms with E-state index in [0.717, 1.165) is 10.8 Å². The maximum Gasteiger partial charge on any atom is 0.00136 e. The molecule has 3 aliphatic rings. The summed E-state index contributed by atoms with van der Waals surface area (Å²) >= 11 is 0. The maximum absolute atomic E-state index is 3.61. The molecule has 0 aromatic heterocycles. The molecule has 0 bridgehead atoms. The van der Waals surface area contributed by atoms with Crippen LogP contribution in [0.3, 0.4) is 0 Å². The van der Waals surface area contributed by atoms with Crippen molar-refractivity contribution in [3.05, 3.63) is 0 Å². The molecule has 0 aromatic rings. The molecule has 0 amide bonds. The van der Waals surface area contributed by atoms with Gasteiger partial charge in [-0.25, -0.2) is 0 Å². The van der Waals surface area contributed by atoms with Gasteiger partial charge >= 0.3 is 0 Å². The van der Waals surface area contributed by atoms with Gasteiger partial charge in [0.25, 0.3) is 0 Å². The first-order chi connectivity index (χ1) is 6.37. The summed E-state index contributed by atoms with van der Waals surface area (Å²) in [5, 5.41) is 3.61. The van der Waals surface area contributed by atoms with E-state index in [2.05, 4.69) is 5.32 Å². The Bertz CT molecular complexity index is 164. The van der Waals surface area contributed by atoms with Crippen LogP contribution in [0.25, 0.3) is 0 Å². The smallest absolute Gasteiger partial charge is 0.00136 e. The second kappa shape index (κ2) is 2.73. The molecular formula is C12H21N. The normalized spacial score (nSPS) is 42.5. The van der Waals surface area contributed by atoms with E-state index in [1.165, 1.54) is 45.2 Å². The minimum atomic E-state index is 0.753. The first-order valence-corrected chi connectivity index (χ1v) is 6.08. The zero-order valence-corrected chi connectivity index (χ0v) is 8.57. The summed E-state index contributed by atoms with van der Waals surface area (Å²) in [6.45, 7) is 2.63. The molecule has 1 saturated heterocycles. The molecule has 1 N–H and O–H groups in total. The van der Waals surface area contributed by atoms with E-state index in [4.69, 9.17) is 0 Å². The molecule has 0 aromatic carbocycles. The lowest BCUT2D eigenvalue weighted by Crippen LogP contribution is -2.37. The first kappa shape index (κ1) is 8.28. The standard InChI is InChI=1S/C12H21N/c1-2-5-11(4-1)6-3-7-12(11)8-9-13-10-12/h13H,1-10H2. The minimum absolute atomic E-state index is 0.753. The van der Waals surface area contributed by atoms with E-state index in [9.17, 15) is 0 Å². The average Bonchev–Trinajstić information content (AvgIpc) is 2.79. The van der Waals surface area contributed by atoms with Gasteiger partial charge in [0.05, 0.1) is 0 Å². The molecule has 13 heavy (non-hydrogen) atoms. The van der Waals surface area contributed by atoms with Gasteiger partial charge in [0, 0.05) is 6.54 Å². The van der Waals surface area contributed by atoms with Crippen molar-refractivity contribution in [2.24, 2.45) is 10.8 Å². The predicted octanol–water partition coefficient (Wildman–Crippen LogP) is 2.71. The molecule has 2 saturated carbocycles. The van der Waals surface area contributed by atoms with Crippen LogP contribution in [0.1, 0.15) is 51.4 Å². The minimum Gasteiger partial charge on any atom is -0.316 e.